The second kappa shape index (κ2) is 12.2. The summed E-state index contributed by atoms with van der Waals surface area (Å²) < 4.78 is 3.12. The molecule has 0 saturated heterocycles. The van der Waals surface area contributed by atoms with Gasteiger partial charge in [-0.05, 0) is 0 Å². The minimum atomic E-state index is -0.100. The van der Waals surface area contributed by atoms with Crippen LogP contribution in [0.1, 0.15) is 68.2 Å². The summed E-state index contributed by atoms with van der Waals surface area (Å²) >= 11 is -0.100. The molecule has 0 aliphatic heterocycles. The summed E-state index contributed by atoms with van der Waals surface area (Å²) in [6, 6.07) is 2.78. The van der Waals surface area contributed by atoms with Gasteiger partial charge in [0.15, 0.2) is 0 Å². The maximum absolute atomic E-state index is 2.64. The summed E-state index contributed by atoms with van der Waals surface area (Å²) in [5, 5.41) is 0. The van der Waals surface area contributed by atoms with E-state index in [1.165, 1.54) is 25.9 Å². The summed E-state index contributed by atoms with van der Waals surface area (Å²) in [4.78, 5) is 5.28. The van der Waals surface area contributed by atoms with Crippen molar-refractivity contribution in [3.05, 3.63) is 0 Å². The number of hydrogen-bond donors (Lipinski definition) is 0. The maximum atomic E-state index is 2.64. The van der Waals surface area contributed by atoms with E-state index in [0.717, 1.165) is 0 Å². The molecule has 0 amide bonds. The van der Waals surface area contributed by atoms with Crippen LogP contribution in [0.25, 0.3) is 0 Å². The van der Waals surface area contributed by atoms with Crippen LogP contribution in [0.3, 0.4) is 0 Å². The molecule has 0 atom stereocenters. The Morgan fingerprint density at radius 3 is 1.10 bits per heavy atom. The van der Waals surface area contributed by atoms with Gasteiger partial charge in [0.05, 0.1) is 0 Å². The molecule has 21 heavy (non-hydrogen) atoms. The molecule has 126 valence electrons. The first-order chi connectivity index (χ1) is 9.77. The van der Waals surface area contributed by atoms with Gasteiger partial charge in [-0.2, -0.15) is 0 Å². The van der Waals surface area contributed by atoms with Crippen molar-refractivity contribution in [2.75, 3.05) is 13.1 Å². The predicted octanol–water partition coefficient (Wildman–Crippen LogP) is 4.55. The Bertz CT molecular complexity index is 199. The Morgan fingerprint density at radius 1 is 0.571 bits per heavy atom. The van der Waals surface area contributed by atoms with E-state index < -0.39 is 0 Å². The zero-order valence-corrected chi connectivity index (χ0v) is 18.8. The molecule has 0 unspecified atom stereocenters. The van der Waals surface area contributed by atoms with Gasteiger partial charge in [0.2, 0.25) is 0 Å². The Morgan fingerprint density at radius 2 is 0.857 bits per heavy atom. The van der Waals surface area contributed by atoms with E-state index in [-0.39, 0.29) is 21.1 Å². The average Bonchev–Trinajstić information content (AvgIpc) is 2.34. The molecule has 0 aromatic rings. The fourth-order valence-electron chi connectivity index (χ4n) is 3.12. The quantitative estimate of drug-likeness (QED) is 0.349. The molecule has 0 aromatic heterocycles. The van der Waals surface area contributed by atoms with Gasteiger partial charge in [0.1, 0.15) is 0 Å². The number of nitrogens with zero attached hydrogens (tertiary/aromatic N) is 2. The van der Waals surface area contributed by atoms with Gasteiger partial charge >= 0.3 is 145 Å². The van der Waals surface area contributed by atoms with E-state index >= 15 is 0 Å². The van der Waals surface area contributed by atoms with Crippen LogP contribution in [0.15, 0.2) is 0 Å². The van der Waals surface area contributed by atoms with E-state index in [4.69, 9.17) is 0 Å². The SMILES string of the molecule is CC(C)N(CC[CH2][Sn][CH2]CCN(C(C)C)C(C)C)C(C)C. The summed E-state index contributed by atoms with van der Waals surface area (Å²) in [5.74, 6) is 0. The van der Waals surface area contributed by atoms with Crippen LogP contribution < -0.4 is 0 Å². The first-order valence-electron chi connectivity index (χ1n) is 8.99. The molecular weight excluding hydrogens is 363 g/mol. The molecule has 0 spiro atoms. The summed E-state index contributed by atoms with van der Waals surface area (Å²) in [6.45, 7) is 21.2. The monoisotopic (exact) mass is 404 g/mol. The fraction of sp³-hybridized carbons (Fsp3) is 1.00. The zero-order valence-electron chi connectivity index (χ0n) is 15.9. The predicted molar refractivity (Wildman–Crippen MR) is 98.6 cm³/mol. The Kier molecular flexibility index (Phi) is 12.6. The second-order valence-corrected chi connectivity index (χ2v) is 11.6. The molecule has 2 nitrogen and oxygen atoms in total. The van der Waals surface area contributed by atoms with Crippen LogP contribution in [-0.2, 0) is 0 Å². The van der Waals surface area contributed by atoms with Crippen LogP contribution in [0.4, 0.5) is 0 Å². The molecule has 0 bridgehead atoms. The van der Waals surface area contributed by atoms with E-state index in [1.807, 2.05) is 0 Å². The van der Waals surface area contributed by atoms with Crippen LogP contribution in [-0.4, -0.2) is 68.2 Å². The molecule has 0 aliphatic carbocycles. The number of hydrogen-bond acceptors (Lipinski definition) is 2. The molecule has 0 rings (SSSR count). The van der Waals surface area contributed by atoms with Crippen molar-refractivity contribution in [3.63, 3.8) is 0 Å². The first-order valence-corrected chi connectivity index (χ1v) is 13.0. The Hall–Kier alpha value is 0.719. The van der Waals surface area contributed by atoms with Crippen molar-refractivity contribution >= 4 is 21.1 Å². The van der Waals surface area contributed by atoms with E-state index in [1.54, 1.807) is 8.87 Å². The molecule has 2 radical (unpaired) electrons. The van der Waals surface area contributed by atoms with Gasteiger partial charge in [-0.1, -0.05) is 0 Å². The van der Waals surface area contributed by atoms with E-state index in [0.29, 0.717) is 24.2 Å². The third-order valence-electron chi connectivity index (χ3n) is 4.19. The fourth-order valence-corrected chi connectivity index (χ4v) is 6.17. The van der Waals surface area contributed by atoms with Crippen molar-refractivity contribution in [1.82, 2.24) is 9.80 Å². The average molecular weight is 403 g/mol. The van der Waals surface area contributed by atoms with Crippen molar-refractivity contribution in [2.24, 2.45) is 0 Å². The molecule has 0 aromatic carbocycles. The van der Waals surface area contributed by atoms with Gasteiger partial charge in [0, 0.05) is 0 Å². The van der Waals surface area contributed by atoms with Gasteiger partial charge in [-0.15, -0.1) is 0 Å². The molecule has 0 heterocycles. The van der Waals surface area contributed by atoms with Gasteiger partial charge in [-0.3, -0.25) is 0 Å². The molecule has 0 fully saturated rings. The topological polar surface area (TPSA) is 6.48 Å². The standard InChI is InChI=1S/2C9H20N.Sn/c2*1-6-7-10(8(2)3)9(4)5;/h2*8-9H,1,6-7H2,2-5H3;. The van der Waals surface area contributed by atoms with Crippen molar-refractivity contribution in [2.45, 2.75) is 101 Å². The number of rotatable bonds is 12. The molecule has 3 heteroatoms. The summed E-state index contributed by atoms with van der Waals surface area (Å²) in [5.41, 5.74) is 0. The van der Waals surface area contributed by atoms with Crippen LogP contribution in [0.2, 0.25) is 8.87 Å². The normalized spacial score (nSPS) is 12.9. The molecule has 0 N–H and O–H groups in total. The third-order valence-corrected chi connectivity index (χ3v) is 8.23. The van der Waals surface area contributed by atoms with Crippen molar-refractivity contribution in [3.8, 4) is 0 Å². The second-order valence-electron chi connectivity index (χ2n) is 7.31. The van der Waals surface area contributed by atoms with Crippen LogP contribution >= 0.6 is 0 Å². The van der Waals surface area contributed by atoms with Crippen LogP contribution in [0.5, 0.6) is 0 Å². The summed E-state index contributed by atoms with van der Waals surface area (Å²) in [6.07, 6.45) is 2.86. The molecule has 0 saturated carbocycles. The van der Waals surface area contributed by atoms with Crippen molar-refractivity contribution < 1.29 is 0 Å². The first kappa shape index (κ1) is 21.7. The van der Waals surface area contributed by atoms with E-state index in [9.17, 15) is 0 Å². The Labute approximate surface area is 145 Å². The summed E-state index contributed by atoms with van der Waals surface area (Å²) in [7, 11) is 0. The van der Waals surface area contributed by atoms with Gasteiger partial charge < -0.3 is 0 Å². The van der Waals surface area contributed by atoms with Crippen molar-refractivity contribution in [1.29, 1.82) is 0 Å². The van der Waals surface area contributed by atoms with Gasteiger partial charge in [-0.25, -0.2) is 0 Å². The van der Waals surface area contributed by atoms with Crippen LogP contribution in [0, 0.1) is 0 Å². The third kappa shape index (κ3) is 10.2. The minimum absolute atomic E-state index is 0.100. The molecular formula is C18H40N2Sn. The van der Waals surface area contributed by atoms with Gasteiger partial charge in [0.25, 0.3) is 0 Å². The Balaban J connectivity index is 3.68. The molecule has 0 aliphatic rings. The van der Waals surface area contributed by atoms with E-state index in [2.05, 4.69) is 65.2 Å². The zero-order chi connectivity index (χ0) is 16.4.